The molecule has 0 atom stereocenters. The summed E-state index contributed by atoms with van der Waals surface area (Å²) in [6.45, 7) is 2.53. The first-order valence-corrected chi connectivity index (χ1v) is 5.58. The summed E-state index contributed by atoms with van der Waals surface area (Å²) in [5.74, 6) is 1.58. The van der Waals surface area contributed by atoms with E-state index < -0.39 is 0 Å². The van der Waals surface area contributed by atoms with Crippen molar-refractivity contribution in [2.45, 2.75) is 13.5 Å². The average Bonchev–Trinajstić information content (AvgIpc) is 2.39. The third-order valence-electron chi connectivity index (χ3n) is 2.63. The van der Waals surface area contributed by atoms with Crippen molar-refractivity contribution in [1.82, 2.24) is 9.97 Å². The van der Waals surface area contributed by atoms with E-state index in [4.69, 9.17) is 4.74 Å². The highest BCUT2D eigenvalue weighted by molar-refractivity contribution is 5.48. The topological polar surface area (TPSA) is 67.3 Å². The van der Waals surface area contributed by atoms with Crippen LogP contribution in [0.5, 0.6) is 11.6 Å². The molecule has 0 saturated heterocycles. The van der Waals surface area contributed by atoms with Crippen LogP contribution in [0.2, 0.25) is 0 Å². The van der Waals surface area contributed by atoms with Crippen molar-refractivity contribution in [3.63, 3.8) is 0 Å². The van der Waals surface area contributed by atoms with E-state index in [1.54, 1.807) is 19.2 Å². The highest BCUT2D eigenvalue weighted by Gasteiger charge is 2.06. The van der Waals surface area contributed by atoms with Gasteiger partial charge in [0.2, 0.25) is 5.88 Å². The van der Waals surface area contributed by atoms with E-state index in [-0.39, 0.29) is 5.75 Å². The Balaban J connectivity index is 2.08. The molecule has 94 valence electrons. The summed E-state index contributed by atoms with van der Waals surface area (Å²) in [7, 11) is 1.58. The molecule has 0 aliphatic carbocycles. The SMILES string of the molecule is COc1ncnc(NCc2ccc(O)cc2)c1C. The maximum atomic E-state index is 9.20. The zero-order chi connectivity index (χ0) is 13.0. The predicted molar refractivity (Wildman–Crippen MR) is 68.8 cm³/mol. The fraction of sp³-hybridized carbons (Fsp3) is 0.231. The van der Waals surface area contributed by atoms with Crippen molar-refractivity contribution in [1.29, 1.82) is 0 Å². The number of methoxy groups -OCH3 is 1. The van der Waals surface area contributed by atoms with Crippen LogP contribution in [0.25, 0.3) is 0 Å². The van der Waals surface area contributed by atoms with Crippen LogP contribution in [0.4, 0.5) is 5.82 Å². The summed E-state index contributed by atoms with van der Waals surface area (Å²) in [5, 5.41) is 12.4. The Hall–Kier alpha value is -2.30. The van der Waals surface area contributed by atoms with Gasteiger partial charge < -0.3 is 15.2 Å². The second-order valence-electron chi connectivity index (χ2n) is 3.88. The van der Waals surface area contributed by atoms with Gasteiger partial charge in [-0.15, -0.1) is 0 Å². The Kier molecular flexibility index (Phi) is 3.62. The summed E-state index contributed by atoms with van der Waals surface area (Å²) in [6, 6.07) is 7.03. The molecule has 2 N–H and O–H groups in total. The molecule has 18 heavy (non-hydrogen) atoms. The van der Waals surface area contributed by atoms with Crippen molar-refractivity contribution >= 4 is 5.82 Å². The molecular formula is C13H15N3O2. The Morgan fingerprint density at radius 2 is 1.94 bits per heavy atom. The molecule has 0 bridgehead atoms. The van der Waals surface area contributed by atoms with Crippen LogP contribution in [0, 0.1) is 6.92 Å². The van der Waals surface area contributed by atoms with Crippen LogP contribution in [0.3, 0.4) is 0 Å². The minimum absolute atomic E-state index is 0.263. The highest BCUT2D eigenvalue weighted by atomic mass is 16.5. The fourth-order valence-electron chi connectivity index (χ4n) is 1.62. The number of aromatic hydroxyl groups is 1. The van der Waals surface area contributed by atoms with Gasteiger partial charge in [-0.3, -0.25) is 0 Å². The van der Waals surface area contributed by atoms with Crippen molar-refractivity contribution in [2.24, 2.45) is 0 Å². The van der Waals surface area contributed by atoms with Crippen molar-refractivity contribution in [3.05, 3.63) is 41.7 Å². The first kappa shape index (κ1) is 12.2. The van der Waals surface area contributed by atoms with Gasteiger partial charge in [-0.05, 0) is 24.6 Å². The molecule has 0 amide bonds. The molecule has 0 aliphatic rings. The van der Waals surface area contributed by atoms with Crippen LogP contribution in [-0.4, -0.2) is 22.2 Å². The lowest BCUT2D eigenvalue weighted by Gasteiger charge is -2.10. The minimum Gasteiger partial charge on any atom is -0.508 e. The maximum Gasteiger partial charge on any atom is 0.221 e. The molecule has 1 heterocycles. The fourth-order valence-corrected chi connectivity index (χ4v) is 1.62. The Morgan fingerprint density at radius 3 is 2.61 bits per heavy atom. The first-order valence-electron chi connectivity index (χ1n) is 5.58. The smallest absolute Gasteiger partial charge is 0.221 e. The van der Waals surface area contributed by atoms with Crippen LogP contribution >= 0.6 is 0 Å². The van der Waals surface area contributed by atoms with Gasteiger partial charge in [0.05, 0.1) is 12.7 Å². The quantitative estimate of drug-likeness (QED) is 0.863. The number of hydrogen-bond acceptors (Lipinski definition) is 5. The van der Waals surface area contributed by atoms with Gasteiger partial charge in [0.15, 0.2) is 0 Å². The highest BCUT2D eigenvalue weighted by Crippen LogP contribution is 2.20. The molecule has 2 aromatic rings. The van der Waals surface area contributed by atoms with E-state index in [1.165, 1.54) is 6.33 Å². The largest absolute Gasteiger partial charge is 0.508 e. The van der Waals surface area contributed by atoms with E-state index in [9.17, 15) is 5.11 Å². The summed E-state index contributed by atoms with van der Waals surface area (Å²) in [6.07, 6.45) is 1.46. The van der Waals surface area contributed by atoms with Gasteiger partial charge in [-0.25, -0.2) is 9.97 Å². The number of aromatic nitrogens is 2. The summed E-state index contributed by atoms with van der Waals surface area (Å²) < 4.78 is 5.13. The molecule has 2 rings (SSSR count). The number of hydrogen-bond donors (Lipinski definition) is 2. The number of phenolic OH excluding ortho intramolecular Hbond substituents is 1. The van der Waals surface area contributed by atoms with Crippen LogP contribution in [0.15, 0.2) is 30.6 Å². The van der Waals surface area contributed by atoms with Gasteiger partial charge in [0.25, 0.3) is 0 Å². The predicted octanol–water partition coefficient (Wildman–Crippen LogP) is 2.11. The molecule has 0 radical (unpaired) electrons. The number of anilines is 1. The summed E-state index contributed by atoms with van der Waals surface area (Å²) >= 11 is 0. The molecule has 5 heteroatoms. The number of nitrogens with one attached hydrogen (secondary N) is 1. The lowest BCUT2D eigenvalue weighted by Crippen LogP contribution is -2.05. The normalized spacial score (nSPS) is 10.1. The van der Waals surface area contributed by atoms with Crippen LogP contribution in [0.1, 0.15) is 11.1 Å². The zero-order valence-corrected chi connectivity index (χ0v) is 10.3. The van der Waals surface area contributed by atoms with Gasteiger partial charge in [0.1, 0.15) is 17.9 Å². The second-order valence-corrected chi connectivity index (χ2v) is 3.88. The lowest BCUT2D eigenvalue weighted by atomic mass is 10.2. The summed E-state index contributed by atoms with van der Waals surface area (Å²) in [4.78, 5) is 8.19. The molecular weight excluding hydrogens is 230 g/mol. The van der Waals surface area contributed by atoms with Crippen LogP contribution in [-0.2, 0) is 6.54 Å². The molecule has 0 saturated carbocycles. The van der Waals surface area contributed by atoms with Gasteiger partial charge in [-0.1, -0.05) is 12.1 Å². The molecule has 1 aromatic heterocycles. The number of benzene rings is 1. The van der Waals surface area contributed by atoms with E-state index in [0.29, 0.717) is 12.4 Å². The van der Waals surface area contributed by atoms with E-state index in [1.807, 2.05) is 19.1 Å². The Morgan fingerprint density at radius 1 is 1.22 bits per heavy atom. The second kappa shape index (κ2) is 5.35. The molecule has 0 fully saturated rings. The van der Waals surface area contributed by atoms with E-state index in [0.717, 1.165) is 16.9 Å². The third kappa shape index (κ3) is 2.68. The number of ether oxygens (including phenoxy) is 1. The summed E-state index contributed by atoms with van der Waals surface area (Å²) in [5.41, 5.74) is 1.93. The van der Waals surface area contributed by atoms with Crippen molar-refractivity contribution < 1.29 is 9.84 Å². The van der Waals surface area contributed by atoms with Crippen molar-refractivity contribution in [3.8, 4) is 11.6 Å². The lowest BCUT2D eigenvalue weighted by molar-refractivity contribution is 0.393. The Bertz CT molecular complexity index is 526. The van der Waals surface area contributed by atoms with Gasteiger partial charge in [-0.2, -0.15) is 0 Å². The van der Waals surface area contributed by atoms with Crippen molar-refractivity contribution in [2.75, 3.05) is 12.4 Å². The Labute approximate surface area is 105 Å². The molecule has 0 unspecified atom stereocenters. The average molecular weight is 245 g/mol. The standard InChI is InChI=1S/C13H15N3O2/c1-9-12(15-8-16-13(9)18-2)14-7-10-3-5-11(17)6-4-10/h3-6,8,17H,7H2,1-2H3,(H,14,15,16). The van der Waals surface area contributed by atoms with E-state index in [2.05, 4.69) is 15.3 Å². The maximum absolute atomic E-state index is 9.20. The molecule has 5 nitrogen and oxygen atoms in total. The third-order valence-corrected chi connectivity index (χ3v) is 2.63. The van der Waals surface area contributed by atoms with Gasteiger partial charge in [0, 0.05) is 6.54 Å². The number of rotatable bonds is 4. The molecule has 0 spiro atoms. The number of phenols is 1. The van der Waals surface area contributed by atoms with E-state index >= 15 is 0 Å². The zero-order valence-electron chi connectivity index (χ0n) is 10.3. The number of nitrogens with zero attached hydrogens (tertiary/aromatic N) is 2. The first-order chi connectivity index (χ1) is 8.70. The van der Waals surface area contributed by atoms with Gasteiger partial charge >= 0.3 is 0 Å². The monoisotopic (exact) mass is 245 g/mol. The van der Waals surface area contributed by atoms with Crippen LogP contribution < -0.4 is 10.1 Å². The molecule has 1 aromatic carbocycles. The minimum atomic E-state index is 0.263. The molecule has 0 aliphatic heterocycles.